The van der Waals surface area contributed by atoms with Gasteiger partial charge in [0, 0.05) is 12.6 Å². The molecular weight excluding hydrogens is 286 g/mol. The smallest absolute Gasteiger partial charge is 0.307 e. The normalized spacial score (nSPS) is 12.2. The number of hydrogen-bond acceptors (Lipinski definition) is 3. The van der Waals surface area contributed by atoms with Gasteiger partial charge in [-0.3, -0.25) is 4.79 Å². The van der Waals surface area contributed by atoms with Crippen molar-refractivity contribution in [3.8, 4) is 0 Å². The third-order valence-corrected chi connectivity index (χ3v) is 3.61. The van der Waals surface area contributed by atoms with Crippen LogP contribution in [-0.4, -0.2) is 12.1 Å². The van der Waals surface area contributed by atoms with Crippen LogP contribution in [0.15, 0.2) is 54.6 Å². The highest BCUT2D eigenvalue weighted by Gasteiger charge is 2.17. The standard InChI is InChI=1S/C20H25NO2/c1-15(2)23-20(22)13-19(18-11-9-16(3)10-12-18)21-14-17-7-5-4-6-8-17/h4-12,15,19,21H,13-14H2,1-3H3. The predicted molar refractivity (Wildman–Crippen MR) is 93.0 cm³/mol. The van der Waals surface area contributed by atoms with Crippen LogP contribution in [0.3, 0.4) is 0 Å². The van der Waals surface area contributed by atoms with E-state index < -0.39 is 0 Å². The minimum absolute atomic E-state index is 0.0537. The van der Waals surface area contributed by atoms with Crippen molar-refractivity contribution in [2.24, 2.45) is 0 Å². The second kappa shape index (κ2) is 8.49. The molecule has 2 aromatic rings. The van der Waals surface area contributed by atoms with E-state index in [9.17, 15) is 4.79 Å². The molecule has 0 aliphatic rings. The lowest BCUT2D eigenvalue weighted by Crippen LogP contribution is -2.25. The Kier molecular flexibility index (Phi) is 6.36. The summed E-state index contributed by atoms with van der Waals surface area (Å²) in [4.78, 5) is 12.1. The van der Waals surface area contributed by atoms with Crippen LogP contribution in [0.1, 0.15) is 43.0 Å². The summed E-state index contributed by atoms with van der Waals surface area (Å²) in [5.41, 5.74) is 3.51. The number of aryl methyl sites for hydroxylation is 1. The maximum absolute atomic E-state index is 12.1. The van der Waals surface area contributed by atoms with Gasteiger partial charge in [0.15, 0.2) is 0 Å². The van der Waals surface area contributed by atoms with Crippen LogP contribution in [0.5, 0.6) is 0 Å². The Balaban J connectivity index is 2.07. The van der Waals surface area contributed by atoms with E-state index in [2.05, 4.69) is 48.6 Å². The van der Waals surface area contributed by atoms with Crippen LogP contribution >= 0.6 is 0 Å². The summed E-state index contributed by atoms with van der Waals surface area (Å²) in [6.45, 7) is 6.52. The maximum Gasteiger partial charge on any atom is 0.307 e. The van der Waals surface area contributed by atoms with Gasteiger partial charge in [0.25, 0.3) is 0 Å². The van der Waals surface area contributed by atoms with Gasteiger partial charge in [-0.05, 0) is 31.9 Å². The van der Waals surface area contributed by atoms with Gasteiger partial charge in [0.1, 0.15) is 0 Å². The largest absolute Gasteiger partial charge is 0.463 e. The molecule has 0 spiro atoms. The van der Waals surface area contributed by atoms with Gasteiger partial charge < -0.3 is 10.1 Å². The van der Waals surface area contributed by atoms with E-state index in [1.165, 1.54) is 11.1 Å². The maximum atomic E-state index is 12.1. The molecule has 0 heterocycles. The van der Waals surface area contributed by atoms with Crippen molar-refractivity contribution in [1.82, 2.24) is 5.32 Å². The molecule has 0 aromatic heterocycles. The fraction of sp³-hybridized carbons (Fsp3) is 0.350. The first kappa shape index (κ1) is 17.2. The summed E-state index contributed by atoms with van der Waals surface area (Å²) in [6.07, 6.45) is 0.240. The number of carbonyl (C=O) groups excluding carboxylic acids is 1. The van der Waals surface area contributed by atoms with Crippen LogP contribution in [-0.2, 0) is 16.1 Å². The number of benzene rings is 2. The molecule has 3 heteroatoms. The minimum atomic E-state index is -0.175. The van der Waals surface area contributed by atoms with Gasteiger partial charge in [-0.2, -0.15) is 0 Å². The SMILES string of the molecule is Cc1ccc(C(CC(=O)OC(C)C)NCc2ccccc2)cc1. The quantitative estimate of drug-likeness (QED) is 0.780. The zero-order chi connectivity index (χ0) is 16.7. The van der Waals surface area contributed by atoms with Crippen molar-refractivity contribution in [1.29, 1.82) is 0 Å². The monoisotopic (exact) mass is 311 g/mol. The Morgan fingerprint density at radius 2 is 1.70 bits per heavy atom. The molecule has 122 valence electrons. The number of hydrogen-bond donors (Lipinski definition) is 1. The van der Waals surface area contributed by atoms with E-state index in [4.69, 9.17) is 4.74 Å². The lowest BCUT2D eigenvalue weighted by atomic mass is 10.0. The van der Waals surface area contributed by atoms with E-state index in [0.29, 0.717) is 13.0 Å². The Bertz CT molecular complexity index is 605. The van der Waals surface area contributed by atoms with Gasteiger partial charge in [-0.25, -0.2) is 0 Å². The van der Waals surface area contributed by atoms with E-state index in [1.807, 2.05) is 32.0 Å². The van der Waals surface area contributed by atoms with Gasteiger partial charge in [-0.15, -0.1) is 0 Å². The molecule has 0 aliphatic carbocycles. The van der Waals surface area contributed by atoms with Crippen molar-refractivity contribution >= 4 is 5.97 Å². The van der Waals surface area contributed by atoms with Crippen molar-refractivity contribution in [3.63, 3.8) is 0 Å². The van der Waals surface area contributed by atoms with Crippen molar-refractivity contribution in [2.75, 3.05) is 0 Å². The van der Waals surface area contributed by atoms with Crippen LogP contribution in [0.2, 0.25) is 0 Å². The summed E-state index contributed by atoms with van der Waals surface area (Å²) in [6, 6.07) is 18.4. The van der Waals surface area contributed by atoms with E-state index in [1.54, 1.807) is 0 Å². The molecule has 23 heavy (non-hydrogen) atoms. The summed E-state index contributed by atoms with van der Waals surface area (Å²) >= 11 is 0. The Labute approximate surface area is 138 Å². The molecule has 1 unspecified atom stereocenters. The summed E-state index contributed by atoms with van der Waals surface area (Å²) in [5.74, 6) is -0.175. The van der Waals surface area contributed by atoms with Crippen molar-refractivity contribution < 1.29 is 9.53 Å². The molecule has 0 saturated carbocycles. The first-order valence-corrected chi connectivity index (χ1v) is 8.08. The molecule has 0 saturated heterocycles. The Morgan fingerprint density at radius 1 is 1.04 bits per heavy atom. The highest BCUT2D eigenvalue weighted by molar-refractivity contribution is 5.70. The number of rotatable bonds is 7. The molecule has 0 fully saturated rings. The first-order valence-electron chi connectivity index (χ1n) is 8.08. The van der Waals surface area contributed by atoms with Gasteiger partial charge >= 0.3 is 5.97 Å². The van der Waals surface area contributed by atoms with Crippen LogP contribution in [0, 0.1) is 6.92 Å². The molecular formula is C20H25NO2. The molecule has 2 rings (SSSR count). The predicted octanol–water partition coefficient (Wildman–Crippen LogP) is 4.17. The number of ether oxygens (including phenoxy) is 1. The summed E-state index contributed by atoms with van der Waals surface area (Å²) in [5, 5.41) is 3.48. The second-order valence-electron chi connectivity index (χ2n) is 6.07. The Morgan fingerprint density at radius 3 is 2.30 bits per heavy atom. The highest BCUT2D eigenvalue weighted by Crippen LogP contribution is 2.19. The topological polar surface area (TPSA) is 38.3 Å². The van der Waals surface area contributed by atoms with E-state index in [-0.39, 0.29) is 18.1 Å². The molecule has 2 aromatic carbocycles. The lowest BCUT2D eigenvalue weighted by molar-refractivity contribution is -0.148. The van der Waals surface area contributed by atoms with Gasteiger partial charge in [0.2, 0.25) is 0 Å². The minimum Gasteiger partial charge on any atom is -0.463 e. The Hall–Kier alpha value is -2.13. The molecule has 0 radical (unpaired) electrons. The van der Waals surface area contributed by atoms with Crippen LogP contribution < -0.4 is 5.32 Å². The molecule has 0 amide bonds. The van der Waals surface area contributed by atoms with E-state index in [0.717, 1.165) is 5.56 Å². The number of carbonyl (C=O) groups is 1. The second-order valence-corrected chi connectivity index (χ2v) is 6.07. The first-order chi connectivity index (χ1) is 11.0. The zero-order valence-electron chi connectivity index (χ0n) is 14.1. The van der Waals surface area contributed by atoms with Crippen LogP contribution in [0.25, 0.3) is 0 Å². The van der Waals surface area contributed by atoms with Crippen molar-refractivity contribution in [3.05, 3.63) is 71.3 Å². The van der Waals surface area contributed by atoms with Gasteiger partial charge in [0.05, 0.1) is 12.5 Å². The lowest BCUT2D eigenvalue weighted by Gasteiger charge is -2.20. The number of esters is 1. The zero-order valence-corrected chi connectivity index (χ0v) is 14.1. The molecule has 3 nitrogen and oxygen atoms in total. The summed E-state index contributed by atoms with van der Waals surface area (Å²) < 4.78 is 5.30. The fourth-order valence-corrected chi connectivity index (χ4v) is 2.42. The van der Waals surface area contributed by atoms with Gasteiger partial charge in [-0.1, -0.05) is 60.2 Å². The average molecular weight is 311 g/mol. The van der Waals surface area contributed by atoms with Crippen LogP contribution in [0.4, 0.5) is 0 Å². The fourth-order valence-electron chi connectivity index (χ4n) is 2.42. The average Bonchev–Trinajstić information content (AvgIpc) is 2.52. The number of nitrogens with one attached hydrogen (secondary N) is 1. The van der Waals surface area contributed by atoms with Crippen molar-refractivity contribution in [2.45, 2.75) is 45.9 Å². The molecule has 1 atom stereocenters. The van der Waals surface area contributed by atoms with E-state index >= 15 is 0 Å². The third-order valence-electron chi connectivity index (χ3n) is 3.61. The molecule has 0 bridgehead atoms. The summed E-state index contributed by atoms with van der Waals surface area (Å²) in [7, 11) is 0. The highest BCUT2D eigenvalue weighted by atomic mass is 16.5. The molecule has 0 aliphatic heterocycles. The molecule has 1 N–H and O–H groups in total. The third kappa shape index (κ3) is 5.87.